The molecule has 0 bridgehead atoms. The van der Waals surface area contributed by atoms with Crippen LogP contribution in [0.5, 0.6) is 5.75 Å². The van der Waals surface area contributed by atoms with Crippen molar-refractivity contribution in [2.24, 2.45) is 0 Å². The molecular formula is C24H25BCl2N4O5S. The quantitative estimate of drug-likeness (QED) is 0.230. The first kappa shape index (κ1) is 28.4. The molecule has 3 aromatic carbocycles. The van der Waals surface area contributed by atoms with E-state index in [1.165, 1.54) is 6.07 Å². The smallest absolute Gasteiger partial charge is 0.489 e. The SMILES string of the molecule is Cl.Cl.O=S(=O)(Nc1ccc2c(c1)B(O)OC2)c1ccc(OCc2ccccc2)cc1NCc1ncc[nH]1. The van der Waals surface area contributed by atoms with Gasteiger partial charge in [-0.05, 0) is 40.9 Å². The molecule has 1 aromatic heterocycles. The van der Waals surface area contributed by atoms with Gasteiger partial charge in [0.2, 0.25) is 0 Å². The van der Waals surface area contributed by atoms with Crippen LogP contribution in [-0.2, 0) is 34.4 Å². The molecule has 0 atom stereocenters. The summed E-state index contributed by atoms with van der Waals surface area (Å²) in [5, 5.41) is 13.1. The molecule has 1 aliphatic rings. The number of aromatic amines is 1. The summed E-state index contributed by atoms with van der Waals surface area (Å²) in [7, 11) is -5.04. The molecule has 0 unspecified atom stereocenters. The van der Waals surface area contributed by atoms with Crippen LogP contribution >= 0.6 is 24.8 Å². The van der Waals surface area contributed by atoms with E-state index in [1.807, 2.05) is 30.3 Å². The molecule has 0 amide bonds. The Bertz CT molecular complexity index is 1430. The summed E-state index contributed by atoms with van der Waals surface area (Å²) >= 11 is 0. The van der Waals surface area contributed by atoms with E-state index in [4.69, 9.17) is 9.39 Å². The minimum Gasteiger partial charge on any atom is -0.489 e. The average molecular weight is 563 g/mol. The zero-order chi connectivity index (χ0) is 24.3. The van der Waals surface area contributed by atoms with Crippen LogP contribution in [0.25, 0.3) is 0 Å². The highest BCUT2D eigenvalue weighted by Crippen LogP contribution is 2.29. The minimum atomic E-state index is -3.97. The number of halogens is 2. The van der Waals surface area contributed by atoms with Crippen LogP contribution < -0.4 is 20.2 Å². The molecule has 4 aromatic rings. The standard InChI is InChI=1S/C24H23BN4O5S.2ClH/c30-25-21-12-19(7-6-18(21)16-34-25)29-35(31,32)23-9-8-20(33-15-17-4-2-1-3-5-17)13-22(23)28-14-24-26-10-11-27-24;;/h1-13,28-30H,14-16H2,(H,26,27);2*1H. The number of aromatic nitrogens is 2. The number of sulfonamides is 1. The second kappa shape index (κ2) is 12.4. The number of hydrogen-bond donors (Lipinski definition) is 4. The Kier molecular flexibility index (Phi) is 9.47. The summed E-state index contributed by atoms with van der Waals surface area (Å²) < 4.78 is 40.4. The van der Waals surface area contributed by atoms with E-state index in [0.717, 1.165) is 11.1 Å². The van der Waals surface area contributed by atoms with Crippen LogP contribution in [0, 0.1) is 0 Å². The van der Waals surface area contributed by atoms with Gasteiger partial charge in [0.1, 0.15) is 23.1 Å². The molecule has 37 heavy (non-hydrogen) atoms. The second-order valence-electron chi connectivity index (χ2n) is 8.00. The molecule has 5 rings (SSSR count). The maximum atomic E-state index is 13.3. The first-order valence-corrected chi connectivity index (χ1v) is 12.4. The number of benzene rings is 3. The number of H-pyrrole nitrogens is 1. The van der Waals surface area contributed by atoms with Crippen molar-refractivity contribution >= 4 is 58.8 Å². The van der Waals surface area contributed by atoms with Crippen LogP contribution in [0.1, 0.15) is 17.0 Å². The molecule has 4 N–H and O–H groups in total. The van der Waals surface area contributed by atoms with Crippen LogP contribution in [-0.4, -0.2) is 30.5 Å². The number of nitrogens with one attached hydrogen (secondary N) is 3. The third kappa shape index (κ3) is 6.76. The van der Waals surface area contributed by atoms with Crippen molar-refractivity contribution in [3.63, 3.8) is 0 Å². The lowest BCUT2D eigenvalue weighted by atomic mass is 9.79. The third-order valence-corrected chi connectivity index (χ3v) is 6.99. The number of fused-ring (bicyclic) bond motifs is 1. The molecule has 9 nitrogen and oxygen atoms in total. The summed E-state index contributed by atoms with van der Waals surface area (Å²) in [6.45, 7) is 0.928. The van der Waals surface area contributed by atoms with Crippen molar-refractivity contribution in [3.05, 3.63) is 96.1 Å². The first-order valence-electron chi connectivity index (χ1n) is 11.0. The molecule has 0 saturated carbocycles. The van der Waals surface area contributed by atoms with E-state index in [0.29, 0.717) is 41.6 Å². The van der Waals surface area contributed by atoms with Crippen molar-refractivity contribution in [2.75, 3.05) is 10.0 Å². The van der Waals surface area contributed by atoms with Crippen LogP contribution in [0.2, 0.25) is 0 Å². The molecule has 2 heterocycles. The molecular weight excluding hydrogens is 538 g/mol. The molecule has 1 aliphatic heterocycles. The molecule has 0 spiro atoms. The summed E-state index contributed by atoms with van der Waals surface area (Å²) in [6.07, 6.45) is 3.32. The van der Waals surface area contributed by atoms with Gasteiger partial charge in [-0.1, -0.05) is 36.4 Å². The summed E-state index contributed by atoms with van der Waals surface area (Å²) in [4.78, 5) is 7.22. The lowest BCUT2D eigenvalue weighted by Gasteiger charge is -2.16. The summed E-state index contributed by atoms with van der Waals surface area (Å²) in [6, 6.07) is 19.4. The highest BCUT2D eigenvalue weighted by molar-refractivity contribution is 7.92. The predicted molar refractivity (Wildman–Crippen MR) is 147 cm³/mol. The fourth-order valence-electron chi connectivity index (χ4n) is 3.77. The highest BCUT2D eigenvalue weighted by atomic mass is 35.5. The fourth-order valence-corrected chi connectivity index (χ4v) is 4.99. The number of nitrogens with zero attached hydrogens (tertiary/aromatic N) is 1. The van der Waals surface area contributed by atoms with Crippen molar-refractivity contribution in [1.29, 1.82) is 0 Å². The van der Waals surface area contributed by atoms with Gasteiger partial charge in [-0.15, -0.1) is 24.8 Å². The Morgan fingerprint density at radius 1 is 1.08 bits per heavy atom. The summed E-state index contributed by atoms with van der Waals surface area (Å²) in [5.74, 6) is 1.18. The molecule has 194 valence electrons. The normalized spacial score (nSPS) is 12.2. The Hall–Kier alpha value is -3.22. The topological polar surface area (TPSA) is 126 Å². The van der Waals surface area contributed by atoms with Gasteiger partial charge in [0.15, 0.2) is 0 Å². The maximum Gasteiger partial charge on any atom is 0.491 e. The minimum absolute atomic E-state index is 0. The van der Waals surface area contributed by atoms with Gasteiger partial charge in [0.25, 0.3) is 10.0 Å². The largest absolute Gasteiger partial charge is 0.491 e. The van der Waals surface area contributed by atoms with Gasteiger partial charge in [-0.3, -0.25) is 4.72 Å². The molecule has 0 fully saturated rings. The van der Waals surface area contributed by atoms with Gasteiger partial charge < -0.3 is 24.7 Å². The van der Waals surface area contributed by atoms with Crippen molar-refractivity contribution in [2.45, 2.75) is 24.7 Å². The monoisotopic (exact) mass is 562 g/mol. The van der Waals surface area contributed by atoms with Crippen molar-refractivity contribution < 1.29 is 22.8 Å². The Labute approximate surface area is 227 Å². The van der Waals surface area contributed by atoms with E-state index < -0.39 is 17.1 Å². The van der Waals surface area contributed by atoms with Crippen LogP contribution in [0.4, 0.5) is 11.4 Å². The lowest BCUT2D eigenvalue weighted by molar-refractivity contribution is 0.275. The van der Waals surface area contributed by atoms with Gasteiger partial charge in [0, 0.05) is 24.1 Å². The predicted octanol–water partition coefficient (Wildman–Crippen LogP) is 3.46. The van der Waals surface area contributed by atoms with Crippen LogP contribution in [0.3, 0.4) is 0 Å². The molecule has 0 saturated heterocycles. The number of hydrogen-bond acceptors (Lipinski definition) is 7. The second-order valence-corrected chi connectivity index (χ2v) is 9.65. The zero-order valence-electron chi connectivity index (χ0n) is 19.5. The van der Waals surface area contributed by atoms with Crippen molar-refractivity contribution in [3.8, 4) is 5.75 Å². The summed E-state index contributed by atoms with van der Waals surface area (Å²) in [5.41, 5.74) is 3.06. The Morgan fingerprint density at radius 3 is 2.65 bits per heavy atom. The number of ether oxygens (including phenoxy) is 1. The van der Waals surface area contributed by atoms with E-state index in [2.05, 4.69) is 20.0 Å². The fraction of sp³-hybridized carbons (Fsp3) is 0.125. The first-order chi connectivity index (χ1) is 17.0. The maximum absolute atomic E-state index is 13.3. The molecule has 0 radical (unpaired) electrons. The van der Waals surface area contributed by atoms with Crippen LogP contribution in [0.15, 0.2) is 84.0 Å². The van der Waals surface area contributed by atoms with Gasteiger partial charge in [0.05, 0.1) is 18.8 Å². The van der Waals surface area contributed by atoms with E-state index in [9.17, 15) is 13.4 Å². The number of anilines is 2. The average Bonchev–Trinajstić information content (AvgIpc) is 3.52. The zero-order valence-corrected chi connectivity index (χ0v) is 21.9. The van der Waals surface area contributed by atoms with E-state index in [1.54, 1.807) is 42.7 Å². The molecule has 0 aliphatic carbocycles. The van der Waals surface area contributed by atoms with Gasteiger partial charge in [-0.25, -0.2) is 13.4 Å². The van der Waals surface area contributed by atoms with Crippen molar-refractivity contribution in [1.82, 2.24) is 9.97 Å². The lowest BCUT2D eigenvalue weighted by Crippen LogP contribution is -2.28. The Morgan fingerprint density at radius 2 is 1.89 bits per heavy atom. The molecule has 13 heteroatoms. The van der Waals surface area contributed by atoms with E-state index >= 15 is 0 Å². The third-order valence-electron chi connectivity index (χ3n) is 5.55. The van der Waals surface area contributed by atoms with Gasteiger partial charge >= 0.3 is 7.12 Å². The number of rotatable bonds is 9. The van der Waals surface area contributed by atoms with E-state index in [-0.39, 0.29) is 36.3 Å². The van der Waals surface area contributed by atoms with Gasteiger partial charge in [-0.2, -0.15) is 0 Å². The Balaban J connectivity index is 0.00000190. The highest BCUT2D eigenvalue weighted by Gasteiger charge is 2.28. The number of imidazole rings is 1.